The molecule has 6 nitrogen and oxygen atoms in total. The van der Waals surface area contributed by atoms with Crippen molar-refractivity contribution in [1.82, 2.24) is 0 Å². The summed E-state index contributed by atoms with van der Waals surface area (Å²) >= 11 is 0. The highest BCUT2D eigenvalue weighted by Crippen LogP contribution is 2.75. The Hall–Kier alpha value is -0.473. The van der Waals surface area contributed by atoms with Crippen LogP contribution in [0.1, 0.15) is 66.2 Å². The van der Waals surface area contributed by atoms with Crippen LogP contribution in [0.4, 0.5) is 0 Å². The van der Waals surface area contributed by atoms with Gasteiger partial charge >= 0.3 is 5.97 Å². The maximum absolute atomic E-state index is 13.5. The smallest absolute Gasteiger partial charge is 0.310 e. The summed E-state index contributed by atoms with van der Waals surface area (Å²) < 4.78 is 26.0. The molecule has 2 heterocycles. The molecule has 2 saturated heterocycles. The van der Waals surface area contributed by atoms with E-state index in [1.165, 1.54) is 0 Å². The van der Waals surface area contributed by atoms with Crippen LogP contribution in [0.25, 0.3) is 0 Å². The van der Waals surface area contributed by atoms with Crippen LogP contribution in [0.5, 0.6) is 0 Å². The number of cyclic esters (lactones) is 1. The van der Waals surface area contributed by atoms with E-state index in [4.69, 9.17) is 18.6 Å². The van der Waals surface area contributed by atoms with E-state index in [1.807, 2.05) is 0 Å². The van der Waals surface area contributed by atoms with Gasteiger partial charge in [-0.05, 0) is 68.5 Å². The van der Waals surface area contributed by atoms with Crippen LogP contribution in [0.15, 0.2) is 0 Å². The van der Waals surface area contributed by atoms with Crippen molar-refractivity contribution in [3.63, 3.8) is 0 Å². The summed E-state index contributed by atoms with van der Waals surface area (Å²) in [5.41, 5.74) is -0.510. The molecule has 1 unspecified atom stereocenters. The molecule has 0 amide bonds. The van der Waals surface area contributed by atoms with E-state index in [0.29, 0.717) is 12.5 Å². The monoisotopic (exact) mass is 492 g/mol. The van der Waals surface area contributed by atoms with E-state index in [2.05, 4.69) is 40.8 Å². The Morgan fingerprint density at radius 3 is 2.53 bits per heavy atom. The molecule has 6 rings (SSSR count). The number of carbonyl (C=O) groups excluding carboxylic acids is 1. The molecule has 0 aromatic rings. The summed E-state index contributed by atoms with van der Waals surface area (Å²) in [6.07, 6.45) is 5.42. The minimum atomic E-state index is -1.87. The number of fused-ring (bicyclic) bond motifs is 8. The standard InChI is InChI=1S/C27H44O6Si/c1-24(2,3)34(6,7)33-17-8-9-26-14-31-23(29)22(26)25(4)20(13-15(26)10-17)32-27(30-5)16-11-18(21(25)27)19(28)12-16/h15-22,28H,8-14H2,1-7H3/t15-,16+,17+,18-,19?,20-,21-,22+,25+,26-,27-/m1/s1. The first-order chi connectivity index (χ1) is 15.8. The highest BCUT2D eigenvalue weighted by atomic mass is 28.4. The number of carbonyl (C=O) groups is 1. The van der Waals surface area contributed by atoms with Crippen LogP contribution in [-0.4, -0.2) is 57.2 Å². The Bertz CT molecular complexity index is 885. The summed E-state index contributed by atoms with van der Waals surface area (Å²) in [5.74, 6) is -0.174. The molecule has 1 N–H and O–H groups in total. The van der Waals surface area contributed by atoms with E-state index in [-0.39, 0.29) is 63.8 Å². The van der Waals surface area contributed by atoms with Gasteiger partial charge in [-0.1, -0.05) is 27.7 Å². The van der Waals surface area contributed by atoms with Crippen molar-refractivity contribution in [1.29, 1.82) is 0 Å². The fraction of sp³-hybridized carbons (Fsp3) is 0.963. The first-order valence-corrected chi connectivity index (χ1v) is 16.5. The molecule has 11 atom stereocenters. The Morgan fingerprint density at radius 2 is 1.85 bits per heavy atom. The number of rotatable bonds is 3. The van der Waals surface area contributed by atoms with Gasteiger partial charge in [0, 0.05) is 35.9 Å². The molecule has 0 aromatic carbocycles. The molecular weight excluding hydrogens is 448 g/mol. The first-order valence-electron chi connectivity index (χ1n) is 13.6. The maximum Gasteiger partial charge on any atom is 0.310 e. The molecule has 4 aliphatic carbocycles. The summed E-state index contributed by atoms with van der Waals surface area (Å²) in [7, 11) is -0.107. The van der Waals surface area contributed by atoms with Crippen LogP contribution < -0.4 is 0 Å². The molecule has 1 spiro atoms. The molecule has 0 radical (unpaired) electrons. The number of aliphatic hydroxyl groups excluding tert-OH is 1. The SMILES string of the molecule is CO[C@]12O[C@@H]3C[C@H]4C[C@@H](O[Si](C)(C)C(C)(C)C)CC[C@@]45COC(=O)[C@H]5[C@]3(C)[C@H]1[C@@H]1C[C@H]2CC1O. The van der Waals surface area contributed by atoms with E-state index in [9.17, 15) is 9.90 Å². The highest BCUT2D eigenvalue weighted by Gasteiger charge is 2.81. The lowest BCUT2D eigenvalue weighted by Gasteiger charge is -2.58. The maximum atomic E-state index is 13.5. The van der Waals surface area contributed by atoms with Gasteiger partial charge in [-0.15, -0.1) is 0 Å². The zero-order chi connectivity index (χ0) is 24.5. The molecule has 2 aliphatic heterocycles. The number of hydrogen-bond donors (Lipinski definition) is 1. The predicted molar refractivity (Wildman–Crippen MR) is 129 cm³/mol. The third kappa shape index (κ3) is 2.74. The van der Waals surface area contributed by atoms with Crippen LogP contribution in [0, 0.1) is 40.4 Å². The second-order valence-corrected chi connectivity index (χ2v) is 19.0. The highest BCUT2D eigenvalue weighted by molar-refractivity contribution is 6.74. The average Bonchev–Trinajstić information content (AvgIpc) is 3.44. The normalized spacial score (nSPS) is 53.8. The number of aliphatic hydroxyl groups is 1. The number of methoxy groups -OCH3 is 1. The van der Waals surface area contributed by atoms with Crippen LogP contribution in [0.2, 0.25) is 18.1 Å². The fourth-order valence-electron chi connectivity index (χ4n) is 9.55. The minimum Gasteiger partial charge on any atom is -0.465 e. The van der Waals surface area contributed by atoms with Crippen molar-refractivity contribution in [3.05, 3.63) is 0 Å². The second kappa shape index (κ2) is 7.09. The van der Waals surface area contributed by atoms with E-state index in [0.717, 1.165) is 38.5 Å². The van der Waals surface area contributed by atoms with E-state index < -0.39 is 14.1 Å². The zero-order valence-corrected chi connectivity index (χ0v) is 23.1. The van der Waals surface area contributed by atoms with Crippen LogP contribution in [-0.2, 0) is 23.4 Å². The van der Waals surface area contributed by atoms with Crippen molar-refractivity contribution < 1.29 is 28.5 Å². The number of esters is 1. The van der Waals surface area contributed by atoms with E-state index >= 15 is 0 Å². The van der Waals surface area contributed by atoms with Gasteiger partial charge in [-0.2, -0.15) is 0 Å². The van der Waals surface area contributed by atoms with Crippen molar-refractivity contribution >= 4 is 14.3 Å². The third-order valence-corrected chi connectivity index (χ3v) is 16.5. The van der Waals surface area contributed by atoms with Crippen molar-refractivity contribution in [2.24, 2.45) is 40.4 Å². The molecule has 0 aromatic heterocycles. The van der Waals surface area contributed by atoms with Gasteiger partial charge in [0.1, 0.15) is 0 Å². The molecule has 4 saturated carbocycles. The summed E-state index contributed by atoms with van der Waals surface area (Å²) in [6, 6.07) is 0. The summed E-state index contributed by atoms with van der Waals surface area (Å²) in [5, 5.41) is 11.1. The lowest BCUT2D eigenvalue weighted by molar-refractivity contribution is -0.262. The van der Waals surface area contributed by atoms with Gasteiger partial charge in [0.25, 0.3) is 0 Å². The molecule has 7 heteroatoms. The Morgan fingerprint density at radius 1 is 1.12 bits per heavy atom. The number of hydrogen-bond acceptors (Lipinski definition) is 6. The fourth-order valence-corrected chi connectivity index (χ4v) is 11.0. The van der Waals surface area contributed by atoms with Gasteiger partial charge in [-0.25, -0.2) is 0 Å². The molecule has 6 aliphatic rings. The average molecular weight is 493 g/mol. The first kappa shape index (κ1) is 23.9. The van der Waals surface area contributed by atoms with Crippen molar-refractivity contribution in [3.8, 4) is 0 Å². The Balaban J connectivity index is 1.35. The minimum absolute atomic E-state index is 0.0402. The molecule has 192 valence electrons. The molecular formula is C27H44O6Si. The molecule has 2 bridgehead atoms. The van der Waals surface area contributed by atoms with Crippen molar-refractivity contribution in [2.45, 2.75) is 108 Å². The molecule has 6 fully saturated rings. The van der Waals surface area contributed by atoms with Gasteiger partial charge in [0.05, 0.1) is 24.7 Å². The van der Waals surface area contributed by atoms with Gasteiger partial charge in [-0.3, -0.25) is 4.79 Å². The Kier molecular flexibility index (Phi) is 4.98. The van der Waals surface area contributed by atoms with Gasteiger partial charge in [0.2, 0.25) is 0 Å². The Labute approximate surface area is 205 Å². The van der Waals surface area contributed by atoms with Gasteiger partial charge in [0.15, 0.2) is 14.1 Å². The van der Waals surface area contributed by atoms with Gasteiger partial charge < -0.3 is 23.7 Å². The molecule has 34 heavy (non-hydrogen) atoms. The van der Waals surface area contributed by atoms with E-state index in [1.54, 1.807) is 7.11 Å². The quantitative estimate of drug-likeness (QED) is 0.462. The topological polar surface area (TPSA) is 74.2 Å². The lowest BCUT2D eigenvalue weighted by Crippen LogP contribution is -2.61. The summed E-state index contributed by atoms with van der Waals surface area (Å²) in [4.78, 5) is 13.5. The van der Waals surface area contributed by atoms with Crippen molar-refractivity contribution in [2.75, 3.05) is 13.7 Å². The van der Waals surface area contributed by atoms with Crippen LogP contribution >= 0.6 is 0 Å². The largest absolute Gasteiger partial charge is 0.465 e. The number of ether oxygens (including phenoxy) is 3. The zero-order valence-electron chi connectivity index (χ0n) is 22.1. The second-order valence-electron chi connectivity index (χ2n) is 14.3. The predicted octanol–water partition coefficient (Wildman–Crippen LogP) is 4.50. The third-order valence-electron chi connectivity index (χ3n) is 12.0. The van der Waals surface area contributed by atoms with Crippen LogP contribution in [0.3, 0.4) is 0 Å². The summed E-state index contributed by atoms with van der Waals surface area (Å²) in [6.45, 7) is 14.4. The lowest BCUT2D eigenvalue weighted by atomic mass is 9.44.